The predicted molar refractivity (Wildman–Crippen MR) is 111 cm³/mol. The van der Waals surface area contributed by atoms with E-state index >= 15 is 0 Å². The van der Waals surface area contributed by atoms with Gasteiger partial charge in [0.05, 0.1) is 5.69 Å². The summed E-state index contributed by atoms with van der Waals surface area (Å²) in [5.74, 6) is 1.78. The Morgan fingerprint density at radius 1 is 1.00 bits per heavy atom. The highest BCUT2D eigenvalue weighted by atomic mass is 15.1. The van der Waals surface area contributed by atoms with E-state index in [1.54, 1.807) is 0 Å². The van der Waals surface area contributed by atoms with Gasteiger partial charge in [0.25, 0.3) is 0 Å². The second-order valence-electron chi connectivity index (χ2n) is 7.43. The number of para-hydroxylation sites is 1. The van der Waals surface area contributed by atoms with E-state index in [1.807, 2.05) is 20.0 Å². The highest BCUT2D eigenvalue weighted by Gasteiger charge is 2.49. The zero-order valence-corrected chi connectivity index (χ0v) is 16.9. The van der Waals surface area contributed by atoms with Crippen molar-refractivity contribution in [1.82, 2.24) is 9.55 Å². The molecular formula is C24H30N2. The molecule has 1 aromatic heterocycles. The third-order valence-electron chi connectivity index (χ3n) is 5.76. The second-order valence-corrected chi connectivity index (χ2v) is 7.43. The molecule has 3 aromatic rings. The van der Waals surface area contributed by atoms with E-state index in [1.165, 1.54) is 34.4 Å². The van der Waals surface area contributed by atoms with Crippen LogP contribution in [0.2, 0.25) is 0 Å². The molecule has 2 nitrogen and oxygen atoms in total. The summed E-state index contributed by atoms with van der Waals surface area (Å²) in [4.78, 5) is 4.73. The molecule has 0 N–H and O–H groups in total. The molecule has 0 bridgehead atoms. The van der Waals surface area contributed by atoms with Crippen molar-refractivity contribution in [2.45, 2.75) is 53.4 Å². The van der Waals surface area contributed by atoms with Crippen molar-refractivity contribution in [2.24, 2.45) is 5.92 Å². The molecule has 2 heteroatoms. The minimum Gasteiger partial charge on any atom is -0.299 e. The lowest BCUT2D eigenvalue weighted by molar-refractivity contribution is 0.702. The molecule has 0 amide bonds. The Kier molecular flexibility index (Phi) is 5.04. The average molecular weight is 347 g/mol. The van der Waals surface area contributed by atoms with Gasteiger partial charge in [0.2, 0.25) is 0 Å². The lowest BCUT2D eigenvalue weighted by Gasteiger charge is -2.19. The summed E-state index contributed by atoms with van der Waals surface area (Å²) < 4.78 is 2.25. The molecule has 1 aliphatic carbocycles. The van der Waals surface area contributed by atoms with E-state index in [2.05, 4.69) is 80.9 Å². The number of aromatic nitrogens is 2. The van der Waals surface area contributed by atoms with Crippen molar-refractivity contribution in [1.29, 1.82) is 0 Å². The van der Waals surface area contributed by atoms with E-state index in [0.29, 0.717) is 0 Å². The Bertz CT molecular complexity index is 886. The highest BCUT2D eigenvalue weighted by Crippen LogP contribution is 2.55. The van der Waals surface area contributed by atoms with Crippen LogP contribution in [0.15, 0.2) is 54.9 Å². The van der Waals surface area contributed by atoms with Gasteiger partial charge in [-0.3, -0.25) is 4.57 Å². The Hall–Kier alpha value is -2.35. The van der Waals surface area contributed by atoms with Crippen molar-refractivity contribution in [2.75, 3.05) is 0 Å². The first-order valence-corrected chi connectivity index (χ1v) is 9.72. The van der Waals surface area contributed by atoms with Gasteiger partial charge in [0.15, 0.2) is 0 Å². The molecule has 136 valence electrons. The molecule has 2 atom stereocenters. The summed E-state index contributed by atoms with van der Waals surface area (Å²) in [6.07, 6.45) is 5.25. The molecule has 1 fully saturated rings. The Labute approximate surface area is 157 Å². The molecule has 2 aromatic carbocycles. The lowest BCUT2D eigenvalue weighted by atomic mass is 9.90. The number of nitrogens with zero attached hydrogens (tertiary/aromatic N) is 2. The highest BCUT2D eigenvalue weighted by molar-refractivity contribution is 5.67. The first kappa shape index (κ1) is 18.4. The van der Waals surface area contributed by atoms with Crippen LogP contribution < -0.4 is 0 Å². The van der Waals surface area contributed by atoms with Gasteiger partial charge in [-0.2, -0.15) is 0 Å². The van der Waals surface area contributed by atoms with Crippen molar-refractivity contribution in [3.8, 4) is 17.1 Å². The zero-order chi connectivity index (χ0) is 18.9. The van der Waals surface area contributed by atoms with E-state index < -0.39 is 0 Å². The minimum absolute atomic E-state index is 0.286. The van der Waals surface area contributed by atoms with E-state index in [4.69, 9.17) is 4.98 Å². The maximum absolute atomic E-state index is 4.73. The Morgan fingerprint density at radius 2 is 1.62 bits per heavy atom. The number of imidazole rings is 1. The number of benzene rings is 2. The molecule has 0 radical (unpaired) electrons. The molecular weight excluding hydrogens is 316 g/mol. The van der Waals surface area contributed by atoms with Gasteiger partial charge in [-0.15, -0.1) is 0 Å². The fourth-order valence-electron chi connectivity index (χ4n) is 4.00. The van der Waals surface area contributed by atoms with Crippen LogP contribution in [-0.2, 0) is 5.41 Å². The van der Waals surface area contributed by atoms with Gasteiger partial charge in [0.1, 0.15) is 5.82 Å². The standard InChI is InChI=1S/C22H24N2.C2H6/c1-15-8-7-9-16(2)20(15)24-13-12-23-21(24)18-10-5-6-11-19(18)22(4)14-17(22)3;1-2/h5-13,17H,14H2,1-4H3;1-2H3/t17-,22?;/m0./s1. The quantitative estimate of drug-likeness (QED) is 0.530. The number of hydrogen-bond donors (Lipinski definition) is 0. The van der Waals surface area contributed by atoms with Crippen LogP contribution in [0.1, 0.15) is 50.8 Å². The van der Waals surface area contributed by atoms with Gasteiger partial charge in [0, 0.05) is 18.0 Å². The van der Waals surface area contributed by atoms with Gasteiger partial charge < -0.3 is 0 Å². The largest absolute Gasteiger partial charge is 0.299 e. The molecule has 0 aliphatic heterocycles. The summed E-state index contributed by atoms with van der Waals surface area (Å²) in [6, 6.07) is 15.2. The van der Waals surface area contributed by atoms with Crippen LogP contribution in [-0.4, -0.2) is 9.55 Å². The summed E-state index contributed by atoms with van der Waals surface area (Å²) in [7, 11) is 0. The van der Waals surface area contributed by atoms with Gasteiger partial charge in [-0.25, -0.2) is 4.98 Å². The summed E-state index contributed by atoms with van der Waals surface area (Å²) >= 11 is 0. The van der Waals surface area contributed by atoms with E-state index in [-0.39, 0.29) is 5.41 Å². The fourth-order valence-corrected chi connectivity index (χ4v) is 4.00. The van der Waals surface area contributed by atoms with Crippen LogP contribution in [0.4, 0.5) is 0 Å². The lowest BCUT2D eigenvalue weighted by Crippen LogP contribution is -2.08. The second kappa shape index (κ2) is 7.11. The first-order chi connectivity index (χ1) is 12.5. The molecule has 1 unspecified atom stereocenters. The maximum Gasteiger partial charge on any atom is 0.144 e. The molecule has 1 heterocycles. The smallest absolute Gasteiger partial charge is 0.144 e. The molecule has 4 rings (SSSR count). The normalized spacial score (nSPS) is 21.1. The van der Waals surface area contributed by atoms with Gasteiger partial charge in [-0.1, -0.05) is 70.2 Å². The Morgan fingerprint density at radius 3 is 2.23 bits per heavy atom. The first-order valence-electron chi connectivity index (χ1n) is 9.72. The van der Waals surface area contributed by atoms with Gasteiger partial charge in [-0.05, 0) is 48.3 Å². The fraction of sp³-hybridized carbons (Fsp3) is 0.375. The molecule has 0 saturated heterocycles. The van der Waals surface area contributed by atoms with E-state index in [0.717, 1.165) is 11.7 Å². The number of rotatable bonds is 3. The third-order valence-corrected chi connectivity index (χ3v) is 5.76. The van der Waals surface area contributed by atoms with Crippen molar-refractivity contribution >= 4 is 0 Å². The van der Waals surface area contributed by atoms with Crippen molar-refractivity contribution in [3.63, 3.8) is 0 Å². The number of aryl methyl sites for hydroxylation is 2. The molecule has 1 saturated carbocycles. The van der Waals surface area contributed by atoms with Crippen molar-refractivity contribution < 1.29 is 0 Å². The van der Waals surface area contributed by atoms with Crippen LogP contribution in [0.5, 0.6) is 0 Å². The SMILES string of the molecule is CC.Cc1cccc(C)c1-n1ccnc1-c1ccccc1C1(C)C[C@@H]1C. The Balaban J connectivity index is 0.000000948. The molecule has 0 spiro atoms. The average Bonchev–Trinajstić information content (AvgIpc) is 3.05. The summed E-state index contributed by atoms with van der Waals surface area (Å²) in [6.45, 7) is 13.1. The topological polar surface area (TPSA) is 17.8 Å². The molecule has 1 aliphatic rings. The van der Waals surface area contributed by atoms with Crippen LogP contribution in [0, 0.1) is 19.8 Å². The third kappa shape index (κ3) is 2.98. The van der Waals surface area contributed by atoms with Crippen LogP contribution >= 0.6 is 0 Å². The maximum atomic E-state index is 4.73. The predicted octanol–water partition coefficient (Wildman–Crippen LogP) is 6.48. The summed E-state index contributed by atoms with van der Waals surface area (Å²) in [5.41, 5.74) is 6.77. The zero-order valence-electron chi connectivity index (χ0n) is 16.9. The van der Waals surface area contributed by atoms with Crippen LogP contribution in [0.3, 0.4) is 0 Å². The van der Waals surface area contributed by atoms with E-state index in [9.17, 15) is 0 Å². The monoisotopic (exact) mass is 346 g/mol. The van der Waals surface area contributed by atoms with Crippen molar-refractivity contribution in [3.05, 3.63) is 71.5 Å². The van der Waals surface area contributed by atoms with Crippen LogP contribution in [0.25, 0.3) is 17.1 Å². The van der Waals surface area contributed by atoms with Gasteiger partial charge >= 0.3 is 0 Å². The summed E-state index contributed by atoms with van der Waals surface area (Å²) in [5, 5.41) is 0. The molecule has 26 heavy (non-hydrogen) atoms. The minimum atomic E-state index is 0.286. The number of hydrogen-bond acceptors (Lipinski definition) is 1.